The minimum atomic E-state index is -4.72. The average molecular weight is 463 g/mol. The Bertz CT molecular complexity index is 1110. The largest absolute Gasteiger partial charge is 0.417 e. The van der Waals surface area contributed by atoms with E-state index < -0.39 is 23.2 Å². The van der Waals surface area contributed by atoms with Crippen LogP contribution in [0, 0.1) is 11.3 Å². The minimum Gasteiger partial charge on any atom is -0.378 e. The molecule has 1 N–H and O–H groups in total. The lowest BCUT2D eigenvalue weighted by atomic mass is 10.1. The van der Waals surface area contributed by atoms with Crippen LogP contribution in [0.15, 0.2) is 52.9 Å². The van der Waals surface area contributed by atoms with Crippen molar-refractivity contribution in [2.24, 2.45) is 0 Å². The Morgan fingerprint density at radius 2 is 1.97 bits per heavy atom. The van der Waals surface area contributed by atoms with Gasteiger partial charge in [0.25, 0.3) is 0 Å². The van der Waals surface area contributed by atoms with Crippen molar-refractivity contribution in [2.75, 3.05) is 30.1 Å². The molecule has 0 atom stereocenters. The lowest BCUT2D eigenvalue weighted by molar-refractivity contribution is -0.138. The molecule has 10 heteroatoms. The lowest BCUT2D eigenvalue weighted by Gasteiger charge is -2.14. The van der Waals surface area contributed by atoms with E-state index in [-0.39, 0.29) is 16.5 Å². The van der Waals surface area contributed by atoms with E-state index in [0.717, 1.165) is 23.5 Å². The van der Waals surface area contributed by atoms with Gasteiger partial charge in [-0.1, -0.05) is 17.8 Å². The maximum absolute atomic E-state index is 13.5. The standard InChI is InChI=1S/C21H17F3N4OS2/c1-28(2)14-7-5-13(6-8-14)26-19(29)12-31-20-15(11-25)16(21(22,23)24)10-17(27-20)18-4-3-9-30-18/h3-10H,12H2,1-2H3,(H,26,29). The van der Waals surface area contributed by atoms with E-state index in [2.05, 4.69) is 10.3 Å². The quantitative estimate of drug-likeness (QED) is 0.490. The molecule has 0 aliphatic rings. The van der Waals surface area contributed by atoms with Gasteiger partial charge < -0.3 is 10.2 Å². The van der Waals surface area contributed by atoms with Gasteiger partial charge in [-0.2, -0.15) is 18.4 Å². The number of halogens is 3. The van der Waals surface area contributed by atoms with E-state index in [9.17, 15) is 23.2 Å². The van der Waals surface area contributed by atoms with Gasteiger partial charge >= 0.3 is 6.18 Å². The van der Waals surface area contributed by atoms with Gasteiger partial charge in [-0.15, -0.1) is 11.3 Å². The normalized spacial score (nSPS) is 11.1. The summed E-state index contributed by atoms with van der Waals surface area (Å²) in [6.07, 6.45) is -4.72. The molecule has 3 rings (SSSR count). The average Bonchev–Trinajstić information content (AvgIpc) is 3.26. The first kappa shape index (κ1) is 22.7. The number of alkyl halides is 3. The molecule has 0 saturated carbocycles. The highest BCUT2D eigenvalue weighted by Gasteiger charge is 2.36. The third kappa shape index (κ3) is 5.57. The first-order valence-corrected chi connectivity index (χ1v) is 10.8. The highest BCUT2D eigenvalue weighted by molar-refractivity contribution is 8.00. The third-order valence-corrected chi connectivity index (χ3v) is 6.05. The van der Waals surface area contributed by atoms with E-state index in [1.165, 1.54) is 11.3 Å². The fraction of sp³-hybridized carbons (Fsp3) is 0.190. The number of benzene rings is 1. The molecule has 0 radical (unpaired) electrons. The molecule has 2 aromatic heterocycles. The van der Waals surface area contributed by atoms with Gasteiger partial charge in [0.1, 0.15) is 11.1 Å². The number of anilines is 2. The van der Waals surface area contributed by atoms with Crippen LogP contribution in [0.3, 0.4) is 0 Å². The number of nitriles is 1. The van der Waals surface area contributed by atoms with Gasteiger partial charge in [0.15, 0.2) is 0 Å². The fourth-order valence-corrected chi connectivity index (χ4v) is 4.17. The Morgan fingerprint density at radius 1 is 1.26 bits per heavy atom. The van der Waals surface area contributed by atoms with Crippen LogP contribution >= 0.6 is 23.1 Å². The highest BCUT2D eigenvalue weighted by Crippen LogP contribution is 2.38. The number of rotatable bonds is 6. The fourth-order valence-electron chi connectivity index (χ4n) is 2.68. The first-order chi connectivity index (χ1) is 14.7. The van der Waals surface area contributed by atoms with Crippen molar-refractivity contribution in [1.82, 2.24) is 4.98 Å². The predicted octanol–water partition coefficient (Wildman–Crippen LogP) is 5.50. The topological polar surface area (TPSA) is 69.0 Å². The number of amides is 1. The molecule has 1 amide bonds. The number of thioether (sulfide) groups is 1. The van der Waals surface area contributed by atoms with Crippen LogP contribution in [0.25, 0.3) is 10.6 Å². The number of pyridine rings is 1. The molecule has 0 bridgehead atoms. The van der Waals surface area contributed by atoms with Gasteiger partial charge in [-0.05, 0) is 41.8 Å². The van der Waals surface area contributed by atoms with Crippen molar-refractivity contribution >= 4 is 40.4 Å². The molecular weight excluding hydrogens is 445 g/mol. The SMILES string of the molecule is CN(C)c1ccc(NC(=O)CSc2nc(-c3cccs3)cc(C(F)(F)F)c2C#N)cc1. The molecule has 0 unspecified atom stereocenters. The minimum absolute atomic E-state index is 0.114. The molecule has 2 heterocycles. The second-order valence-corrected chi connectivity index (χ2v) is 8.51. The van der Waals surface area contributed by atoms with E-state index in [0.29, 0.717) is 10.6 Å². The molecule has 160 valence electrons. The number of carbonyl (C=O) groups excluding carboxylic acids is 1. The first-order valence-electron chi connectivity index (χ1n) is 8.95. The summed E-state index contributed by atoms with van der Waals surface area (Å²) in [5, 5.41) is 13.6. The molecule has 0 spiro atoms. The summed E-state index contributed by atoms with van der Waals surface area (Å²) in [6.45, 7) is 0. The number of hydrogen-bond donors (Lipinski definition) is 1. The summed E-state index contributed by atoms with van der Waals surface area (Å²) in [6, 6.07) is 13.0. The molecule has 0 saturated heterocycles. The smallest absolute Gasteiger partial charge is 0.378 e. The number of hydrogen-bond acceptors (Lipinski definition) is 6. The van der Waals surface area contributed by atoms with Gasteiger partial charge in [0.2, 0.25) is 5.91 Å². The van der Waals surface area contributed by atoms with E-state index in [4.69, 9.17) is 0 Å². The number of aromatic nitrogens is 1. The monoisotopic (exact) mass is 462 g/mol. The van der Waals surface area contributed by atoms with Crippen LogP contribution < -0.4 is 10.2 Å². The number of nitrogens with zero attached hydrogens (tertiary/aromatic N) is 3. The van der Waals surface area contributed by atoms with Gasteiger partial charge in [0, 0.05) is 25.5 Å². The van der Waals surface area contributed by atoms with Gasteiger partial charge in [-0.3, -0.25) is 4.79 Å². The second-order valence-electron chi connectivity index (χ2n) is 6.60. The van der Waals surface area contributed by atoms with Crippen molar-refractivity contribution in [2.45, 2.75) is 11.2 Å². The Morgan fingerprint density at radius 3 is 2.52 bits per heavy atom. The number of thiophene rings is 1. The Labute approximate surface area is 185 Å². The highest BCUT2D eigenvalue weighted by atomic mass is 32.2. The molecule has 31 heavy (non-hydrogen) atoms. The van der Waals surface area contributed by atoms with Crippen LogP contribution in [0.5, 0.6) is 0 Å². The zero-order chi connectivity index (χ0) is 22.6. The molecule has 0 fully saturated rings. The van der Waals surface area contributed by atoms with Crippen LogP contribution in [0.1, 0.15) is 11.1 Å². The van der Waals surface area contributed by atoms with E-state index in [1.54, 1.807) is 35.7 Å². The van der Waals surface area contributed by atoms with Crippen molar-refractivity contribution in [1.29, 1.82) is 5.26 Å². The maximum atomic E-state index is 13.5. The van der Waals surface area contributed by atoms with E-state index in [1.807, 2.05) is 31.1 Å². The Kier molecular flexibility index (Phi) is 6.87. The molecule has 0 aliphatic carbocycles. The summed E-state index contributed by atoms with van der Waals surface area (Å²) in [7, 11) is 3.78. The van der Waals surface area contributed by atoms with Crippen molar-refractivity contribution in [3.63, 3.8) is 0 Å². The zero-order valence-electron chi connectivity index (χ0n) is 16.5. The third-order valence-electron chi connectivity index (χ3n) is 4.18. The summed E-state index contributed by atoms with van der Waals surface area (Å²) in [5.41, 5.74) is -0.00618. The molecule has 3 aromatic rings. The lowest BCUT2D eigenvalue weighted by Crippen LogP contribution is -2.15. The van der Waals surface area contributed by atoms with Crippen LogP contribution in [0.4, 0.5) is 24.5 Å². The van der Waals surface area contributed by atoms with Crippen molar-refractivity contribution < 1.29 is 18.0 Å². The number of carbonyl (C=O) groups is 1. The molecule has 5 nitrogen and oxygen atoms in total. The predicted molar refractivity (Wildman–Crippen MR) is 117 cm³/mol. The molecular formula is C21H17F3N4OS2. The summed E-state index contributed by atoms with van der Waals surface area (Å²) in [5.74, 6) is -0.606. The number of nitrogens with one attached hydrogen (secondary N) is 1. The maximum Gasteiger partial charge on any atom is 0.417 e. The van der Waals surface area contributed by atoms with E-state index >= 15 is 0 Å². The zero-order valence-corrected chi connectivity index (χ0v) is 18.2. The Hall–Kier alpha value is -3.03. The van der Waals surface area contributed by atoms with Crippen LogP contribution in [-0.2, 0) is 11.0 Å². The molecule has 1 aromatic carbocycles. The second kappa shape index (κ2) is 9.41. The summed E-state index contributed by atoms with van der Waals surface area (Å²) < 4.78 is 40.6. The van der Waals surface area contributed by atoms with Gasteiger partial charge in [0.05, 0.1) is 27.5 Å². The van der Waals surface area contributed by atoms with Crippen molar-refractivity contribution in [3.05, 3.63) is 59.0 Å². The Balaban J connectivity index is 1.82. The van der Waals surface area contributed by atoms with Gasteiger partial charge in [-0.25, -0.2) is 4.98 Å². The summed E-state index contributed by atoms with van der Waals surface area (Å²) in [4.78, 5) is 19.0. The molecule has 0 aliphatic heterocycles. The summed E-state index contributed by atoms with van der Waals surface area (Å²) >= 11 is 2.04. The van der Waals surface area contributed by atoms with Crippen LogP contribution in [-0.4, -0.2) is 30.7 Å². The van der Waals surface area contributed by atoms with Crippen LogP contribution in [0.2, 0.25) is 0 Å². The van der Waals surface area contributed by atoms with Crippen molar-refractivity contribution in [3.8, 4) is 16.6 Å².